The number of sulfone groups is 1. The minimum Gasteiger partial charge on any atom is -0.343 e. The highest BCUT2D eigenvalue weighted by Gasteiger charge is 2.32. The number of carbonyl (C=O) groups is 2. The number of likely N-dealkylation sites (N-methyl/N-ethyl adjacent to an activating group) is 1. The van der Waals surface area contributed by atoms with Gasteiger partial charge in [-0.3, -0.25) is 9.59 Å². The van der Waals surface area contributed by atoms with Crippen molar-refractivity contribution in [3.63, 3.8) is 0 Å². The van der Waals surface area contributed by atoms with Gasteiger partial charge in [0, 0.05) is 19.2 Å². The van der Waals surface area contributed by atoms with Gasteiger partial charge in [0.1, 0.15) is 0 Å². The molecule has 10 heteroatoms. The first-order valence-electron chi connectivity index (χ1n) is 8.07. The van der Waals surface area contributed by atoms with Gasteiger partial charge in [-0.05, 0) is 30.2 Å². The molecule has 1 fully saturated rings. The number of hydrogen-bond acceptors (Lipinski definition) is 4. The monoisotopic (exact) mass is 404 g/mol. The highest BCUT2D eigenvalue weighted by Crippen LogP contribution is 2.29. The summed E-state index contributed by atoms with van der Waals surface area (Å²) in [6, 6.07) is 4.06. The molecule has 0 bridgehead atoms. The molecule has 27 heavy (non-hydrogen) atoms. The summed E-state index contributed by atoms with van der Waals surface area (Å²) in [7, 11) is -1.66. The van der Waals surface area contributed by atoms with E-state index < -0.39 is 39.4 Å². The molecule has 0 radical (unpaired) electrons. The van der Waals surface area contributed by atoms with Crippen molar-refractivity contribution >= 4 is 27.7 Å². The van der Waals surface area contributed by atoms with E-state index in [1.807, 2.05) is 0 Å². The number of benzene rings is 1. The molecular weight excluding hydrogens is 385 g/mol. The van der Waals surface area contributed by atoms with Crippen LogP contribution in [0.5, 0.6) is 0 Å². The third-order valence-corrected chi connectivity index (χ3v) is 5.95. The second-order valence-electron chi connectivity index (χ2n) is 6.24. The van der Waals surface area contributed by atoms with E-state index in [4.69, 9.17) is 0 Å². The maximum atomic E-state index is 12.6. The summed E-state index contributed by atoms with van der Waals surface area (Å²) >= 11 is 0. The molecular formula is C17H19F3N2O4S. The van der Waals surface area contributed by atoms with Crippen molar-refractivity contribution in [3.8, 4) is 0 Å². The normalized spacial score (nSPS) is 19.2. The van der Waals surface area contributed by atoms with E-state index in [1.165, 1.54) is 30.2 Å². The number of amides is 2. The Morgan fingerprint density at radius 3 is 2.63 bits per heavy atom. The van der Waals surface area contributed by atoms with Gasteiger partial charge >= 0.3 is 6.18 Å². The van der Waals surface area contributed by atoms with Gasteiger partial charge < -0.3 is 10.2 Å². The summed E-state index contributed by atoms with van der Waals surface area (Å²) in [5, 5.41) is 2.33. The van der Waals surface area contributed by atoms with Crippen LogP contribution in [0, 0.1) is 0 Å². The molecule has 1 unspecified atom stereocenters. The van der Waals surface area contributed by atoms with Gasteiger partial charge in [-0.2, -0.15) is 13.2 Å². The first-order valence-corrected chi connectivity index (χ1v) is 9.89. The van der Waals surface area contributed by atoms with Crippen LogP contribution >= 0.6 is 0 Å². The summed E-state index contributed by atoms with van der Waals surface area (Å²) in [5.41, 5.74) is -0.632. The molecule has 0 aliphatic carbocycles. The zero-order valence-electron chi connectivity index (χ0n) is 14.5. The van der Waals surface area contributed by atoms with Crippen LogP contribution in [0.15, 0.2) is 30.3 Å². The summed E-state index contributed by atoms with van der Waals surface area (Å²) in [4.78, 5) is 25.1. The van der Waals surface area contributed by atoms with Gasteiger partial charge in [-0.15, -0.1) is 0 Å². The number of alkyl halides is 3. The fourth-order valence-electron chi connectivity index (χ4n) is 2.62. The Kier molecular flexibility index (Phi) is 6.30. The van der Waals surface area contributed by atoms with Crippen molar-refractivity contribution in [2.45, 2.75) is 18.6 Å². The number of carbonyl (C=O) groups excluding carboxylic acids is 2. The number of rotatable bonds is 5. The van der Waals surface area contributed by atoms with Gasteiger partial charge in [-0.1, -0.05) is 12.1 Å². The maximum Gasteiger partial charge on any atom is 0.416 e. The second kappa shape index (κ2) is 8.12. The fraction of sp³-hybridized carbons (Fsp3) is 0.412. The second-order valence-corrected chi connectivity index (χ2v) is 8.46. The van der Waals surface area contributed by atoms with Crippen molar-refractivity contribution in [3.05, 3.63) is 41.5 Å². The molecule has 1 N–H and O–H groups in total. The van der Waals surface area contributed by atoms with Gasteiger partial charge in [-0.25, -0.2) is 8.42 Å². The van der Waals surface area contributed by atoms with Crippen molar-refractivity contribution in [1.82, 2.24) is 10.2 Å². The van der Waals surface area contributed by atoms with Crippen LogP contribution in [0.3, 0.4) is 0 Å². The SMILES string of the molecule is CN(C(=O)CNC(=O)/C=C/c1cccc(C(F)(F)F)c1)C1CCS(=O)(=O)C1. The molecule has 1 aliphatic rings. The molecule has 1 aliphatic heterocycles. The third kappa shape index (κ3) is 6.09. The molecule has 2 rings (SSSR count). The van der Waals surface area contributed by atoms with Crippen LogP contribution < -0.4 is 5.32 Å². The number of nitrogens with one attached hydrogen (secondary N) is 1. The number of halogens is 3. The van der Waals surface area contributed by atoms with Crippen LogP contribution in [0.2, 0.25) is 0 Å². The fourth-order valence-corrected chi connectivity index (χ4v) is 4.40. The lowest BCUT2D eigenvalue weighted by Gasteiger charge is -2.23. The minimum atomic E-state index is -4.48. The van der Waals surface area contributed by atoms with Crippen molar-refractivity contribution in [1.29, 1.82) is 0 Å². The summed E-state index contributed by atoms with van der Waals surface area (Å²) in [6.45, 7) is -0.335. The van der Waals surface area contributed by atoms with E-state index in [2.05, 4.69) is 5.32 Å². The van der Waals surface area contributed by atoms with E-state index in [9.17, 15) is 31.2 Å². The average molecular weight is 404 g/mol. The van der Waals surface area contributed by atoms with Gasteiger partial charge in [0.25, 0.3) is 0 Å². The van der Waals surface area contributed by atoms with Crippen LogP contribution in [0.4, 0.5) is 13.2 Å². The Balaban J connectivity index is 1.87. The topological polar surface area (TPSA) is 83.6 Å². The van der Waals surface area contributed by atoms with Crippen LogP contribution in [-0.2, 0) is 25.6 Å². The predicted octanol–water partition coefficient (Wildman–Crippen LogP) is 1.48. The zero-order chi connectivity index (χ0) is 20.2. The van der Waals surface area contributed by atoms with E-state index >= 15 is 0 Å². The standard InChI is InChI=1S/C17H19F3N2O4S/c1-22(14-7-8-27(25,26)11-14)16(24)10-21-15(23)6-5-12-3-2-4-13(9-12)17(18,19)20/h2-6,9,14H,7-8,10-11H2,1H3,(H,21,23)/b6-5+. The number of hydrogen-bond donors (Lipinski definition) is 1. The lowest BCUT2D eigenvalue weighted by Crippen LogP contribution is -2.43. The molecule has 0 aromatic heterocycles. The Morgan fingerprint density at radius 2 is 2.04 bits per heavy atom. The highest BCUT2D eigenvalue weighted by atomic mass is 32.2. The molecule has 1 aromatic carbocycles. The third-order valence-electron chi connectivity index (χ3n) is 4.20. The Hall–Kier alpha value is -2.36. The number of nitrogens with zero attached hydrogens (tertiary/aromatic N) is 1. The molecule has 0 spiro atoms. The summed E-state index contributed by atoms with van der Waals surface area (Å²) < 4.78 is 60.8. The quantitative estimate of drug-likeness (QED) is 0.754. The predicted molar refractivity (Wildman–Crippen MR) is 93.3 cm³/mol. The first kappa shape index (κ1) is 20.9. The molecule has 6 nitrogen and oxygen atoms in total. The molecule has 1 atom stereocenters. The average Bonchev–Trinajstić information content (AvgIpc) is 2.96. The molecule has 1 saturated heterocycles. The maximum absolute atomic E-state index is 12.6. The molecule has 0 saturated carbocycles. The zero-order valence-corrected chi connectivity index (χ0v) is 15.3. The van der Waals surface area contributed by atoms with Gasteiger partial charge in [0.15, 0.2) is 9.84 Å². The molecule has 148 valence electrons. The minimum absolute atomic E-state index is 0.0291. The van der Waals surface area contributed by atoms with Gasteiger partial charge in [0.05, 0.1) is 23.6 Å². The van der Waals surface area contributed by atoms with Crippen molar-refractivity contribution in [2.75, 3.05) is 25.1 Å². The highest BCUT2D eigenvalue weighted by molar-refractivity contribution is 7.91. The van der Waals surface area contributed by atoms with Crippen molar-refractivity contribution < 1.29 is 31.2 Å². The Bertz CT molecular complexity index is 850. The molecule has 1 aromatic rings. The summed E-state index contributed by atoms with van der Waals surface area (Å²) in [5.74, 6) is -1.16. The van der Waals surface area contributed by atoms with Crippen molar-refractivity contribution in [2.24, 2.45) is 0 Å². The lowest BCUT2D eigenvalue weighted by atomic mass is 10.1. The van der Waals surface area contributed by atoms with E-state index in [1.54, 1.807) is 0 Å². The molecule has 1 heterocycles. The lowest BCUT2D eigenvalue weighted by molar-refractivity contribution is -0.137. The van der Waals surface area contributed by atoms with Crippen LogP contribution in [0.1, 0.15) is 17.5 Å². The Labute approximate surface area is 155 Å². The van der Waals surface area contributed by atoms with Crippen LogP contribution in [-0.4, -0.2) is 56.3 Å². The van der Waals surface area contributed by atoms with Crippen LogP contribution in [0.25, 0.3) is 6.08 Å². The summed E-state index contributed by atoms with van der Waals surface area (Å²) in [6.07, 6.45) is -1.88. The van der Waals surface area contributed by atoms with E-state index in [0.29, 0.717) is 6.42 Å². The largest absolute Gasteiger partial charge is 0.416 e. The van der Waals surface area contributed by atoms with E-state index in [0.717, 1.165) is 18.2 Å². The first-order chi connectivity index (χ1) is 12.5. The van der Waals surface area contributed by atoms with E-state index in [-0.39, 0.29) is 23.6 Å². The smallest absolute Gasteiger partial charge is 0.343 e. The Morgan fingerprint density at radius 1 is 1.33 bits per heavy atom. The van der Waals surface area contributed by atoms with Gasteiger partial charge in [0.2, 0.25) is 11.8 Å². The molecule has 2 amide bonds.